The van der Waals surface area contributed by atoms with Gasteiger partial charge >= 0.3 is 5.97 Å². The molecular weight excluding hydrogens is 344 g/mol. The molecule has 2 aromatic rings. The third-order valence-corrected chi connectivity index (χ3v) is 3.79. The second-order valence-electron chi connectivity index (χ2n) is 4.88. The second kappa shape index (κ2) is 7.99. The van der Waals surface area contributed by atoms with Gasteiger partial charge in [0.15, 0.2) is 0 Å². The fraction of sp³-hybridized carbons (Fsp3) is 0.278. The molecule has 0 aliphatic carbocycles. The third-order valence-electron chi connectivity index (χ3n) is 3.17. The van der Waals surface area contributed by atoms with Gasteiger partial charge in [-0.25, -0.2) is 4.79 Å². The maximum atomic E-state index is 12.2. The summed E-state index contributed by atoms with van der Waals surface area (Å²) < 4.78 is 11.7. The van der Waals surface area contributed by atoms with Crippen molar-refractivity contribution >= 4 is 21.9 Å². The number of hydrogen-bond acceptors (Lipinski definition) is 3. The molecule has 116 valence electrons. The lowest BCUT2D eigenvalue weighted by atomic mass is 10.2. The van der Waals surface area contributed by atoms with E-state index in [1.54, 1.807) is 30.3 Å². The fourth-order valence-electron chi connectivity index (χ4n) is 1.91. The molecule has 0 atom stereocenters. The molecule has 2 rings (SSSR count). The Morgan fingerprint density at radius 2 is 1.82 bits per heavy atom. The Bertz CT molecular complexity index is 635. The average Bonchev–Trinajstić information content (AvgIpc) is 2.55. The van der Waals surface area contributed by atoms with Crippen LogP contribution in [0.15, 0.2) is 46.9 Å². The Balaban J connectivity index is 2.05. The van der Waals surface area contributed by atoms with Crippen LogP contribution in [0.2, 0.25) is 0 Å². The molecule has 0 spiro atoms. The van der Waals surface area contributed by atoms with E-state index in [0.29, 0.717) is 17.9 Å². The van der Waals surface area contributed by atoms with Gasteiger partial charge in [0.25, 0.3) is 0 Å². The highest BCUT2D eigenvalue weighted by molar-refractivity contribution is 9.10. The van der Waals surface area contributed by atoms with Gasteiger partial charge in [-0.05, 0) is 70.7 Å². The first-order chi connectivity index (χ1) is 10.6. The summed E-state index contributed by atoms with van der Waals surface area (Å²) in [6.45, 7) is 4.80. The van der Waals surface area contributed by atoms with Crippen LogP contribution >= 0.6 is 15.9 Å². The van der Waals surface area contributed by atoms with Crippen LogP contribution in [0.25, 0.3) is 0 Å². The van der Waals surface area contributed by atoms with Gasteiger partial charge in [0.1, 0.15) is 11.5 Å². The zero-order valence-electron chi connectivity index (χ0n) is 12.8. The maximum absolute atomic E-state index is 12.2. The molecule has 0 N–H and O–H groups in total. The minimum absolute atomic E-state index is 0.382. The SMILES string of the molecule is CCCOc1ccc(C(=O)Oc2ccc(CC)cc2Br)cc1. The van der Waals surface area contributed by atoms with E-state index < -0.39 is 0 Å². The Labute approximate surface area is 139 Å². The summed E-state index contributed by atoms with van der Waals surface area (Å²) in [7, 11) is 0. The van der Waals surface area contributed by atoms with Crippen LogP contribution in [-0.2, 0) is 6.42 Å². The number of benzene rings is 2. The molecule has 0 saturated heterocycles. The van der Waals surface area contributed by atoms with Gasteiger partial charge in [0.05, 0.1) is 16.6 Å². The summed E-state index contributed by atoms with van der Waals surface area (Å²) in [6, 6.07) is 12.7. The van der Waals surface area contributed by atoms with Gasteiger partial charge in [0, 0.05) is 0 Å². The lowest BCUT2D eigenvalue weighted by Gasteiger charge is -2.09. The van der Waals surface area contributed by atoms with Gasteiger partial charge in [-0.2, -0.15) is 0 Å². The molecular formula is C18H19BrO3. The van der Waals surface area contributed by atoms with Crippen molar-refractivity contribution in [2.24, 2.45) is 0 Å². The Hall–Kier alpha value is -1.81. The van der Waals surface area contributed by atoms with Gasteiger partial charge < -0.3 is 9.47 Å². The zero-order chi connectivity index (χ0) is 15.9. The Morgan fingerprint density at radius 1 is 1.09 bits per heavy atom. The number of esters is 1. The largest absolute Gasteiger partial charge is 0.494 e. The van der Waals surface area contributed by atoms with Crippen LogP contribution in [0.3, 0.4) is 0 Å². The summed E-state index contributed by atoms with van der Waals surface area (Å²) in [4.78, 5) is 12.2. The average molecular weight is 363 g/mol. The van der Waals surface area contributed by atoms with Crippen molar-refractivity contribution in [1.82, 2.24) is 0 Å². The Morgan fingerprint density at radius 3 is 2.41 bits per heavy atom. The molecule has 0 saturated carbocycles. The minimum atomic E-state index is -0.382. The smallest absolute Gasteiger partial charge is 0.343 e. The lowest BCUT2D eigenvalue weighted by molar-refractivity contribution is 0.0733. The maximum Gasteiger partial charge on any atom is 0.343 e. The van der Waals surface area contributed by atoms with Gasteiger partial charge in [-0.1, -0.05) is 19.9 Å². The van der Waals surface area contributed by atoms with Crippen molar-refractivity contribution in [2.45, 2.75) is 26.7 Å². The van der Waals surface area contributed by atoms with Gasteiger partial charge in [0.2, 0.25) is 0 Å². The molecule has 2 aromatic carbocycles. The first-order valence-corrected chi connectivity index (χ1v) is 8.16. The predicted molar refractivity (Wildman–Crippen MR) is 90.7 cm³/mol. The fourth-order valence-corrected chi connectivity index (χ4v) is 2.42. The zero-order valence-corrected chi connectivity index (χ0v) is 14.4. The van der Waals surface area contributed by atoms with Crippen LogP contribution in [-0.4, -0.2) is 12.6 Å². The van der Waals surface area contributed by atoms with E-state index in [4.69, 9.17) is 9.47 Å². The highest BCUT2D eigenvalue weighted by Gasteiger charge is 2.11. The van der Waals surface area contributed by atoms with Gasteiger partial charge in [-0.15, -0.1) is 0 Å². The highest BCUT2D eigenvalue weighted by Crippen LogP contribution is 2.27. The monoisotopic (exact) mass is 362 g/mol. The quantitative estimate of drug-likeness (QED) is 0.534. The van der Waals surface area contributed by atoms with E-state index in [-0.39, 0.29) is 5.97 Å². The summed E-state index contributed by atoms with van der Waals surface area (Å²) in [5, 5.41) is 0. The molecule has 0 aliphatic rings. The van der Waals surface area contributed by atoms with Crippen LogP contribution in [0, 0.1) is 0 Å². The van der Waals surface area contributed by atoms with Crippen molar-refractivity contribution < 1.29 is 14.3 Å². The highest BCUT2D eigenvalue weighted by atomic mass is 79.9. The van der Waals surface area contributed by atoms with E-state index in [9.17, 15) is 4.79 Å². The number of carbonyl (C=O) groups excluding carboxylic acids is 1. The summed E-state index contributed by atoms with van der Waals surface area (Å²) >= 11 is 3.43. The molecule has 0 amide bonds. The van der Waals surface area contributed by atoms with Crippen LogP contribution in [0.1, 0.15) is 36.2 Å². The van der Waals surface area contributed by atoms with Crippen LogP contribution in [0.5, 0.6) is 11.5 Å². The first kappa shape index (κ1) is 16.6. The number of ether oxygens (including phenoxy) is 2. The molecule has 0 unspecified atom stereocenters. The van der Waals surface area contributed by atoms with E-state index >= 15 is 0 Å². The van der Waals surface area contributed by atoms with E-state index in [0.717, 1.165) is 23.1 Å². The normalized spacial score (nSPS) is 10.3. The molecule has 22 heavy (non-hydrogen) atoms. The first-order valence-electron chi connectivity index (χ1n) is 7.37. The Kier molecular flexibility index (Phi) is 6.01. The minimum Gasteiger partial charge on any atom is -0.494 e. The van der Waals surface area contributed by atoms with Crippen molar-refractivity contribution in [2.75, 3.05) is 6.61 Å². The summed E-state index contributed by atoms with van der Waals surface area (Å²) in [6.07, 6.45) is 1.89. The summed E-state index contributed by atoms with van der Waals surface area (Å²) in [5.41, 5.74) is 1.68. The van der Waals surface area contributed by atoms with Crippen LogP contribution < -0.4 is 9.47 Å². The number of rotatable bonds is 6. The lowest BCUT2D eigenvalue weighted by Crippen LogP contribution is -2.09. The number of carbonyl (C=O) groups is 1. The number of halogens is 1. The number of hydrogen-bond donors (Lipinski definition) is 0. The second-order valence-corrected chi connectivity index (χ2v) is 5.74. The van der Waals surface area contributed by atoms with E-state index in [2.05, 4.69) is 22.9 Å². The molecule has 0 bridgehead atoms. The topological polar surface area (TPSA) is 35.5 Å². The van der Waals surface area contributed by atoms with Crippen molar-refractivity contribution in [3.05, 3.63) is 58.1 Å². The molecule has 3 nitrogen and oxygen atoms in total. The predicted octanol–water partition coefficient (Wildman–Crippen LogP) is 5.02. The molecule has 4 heteroatoms. The van der Waals surface area contributed by atoms with Crippen LogP contribution in [0.4, 0.5) is 0 Å². The summed E-state index contributed by atoms with van der Waals surface area (Å²) in [5.74, 6) is 0.896. The van der Waals surface area contributed by atoms with Gasteiger partial charge in [-0.3, -0.25) is 0 Å². The third kappa shape index (κ3) is 4.34. The molecule has 0 heterocycles. The van der Waals surface area contributed by atoms with Crippen molar-refractivity contribution in [3.63, 3.8) is 0 Å². The molecule has 0 fully saturated rings. The molecule has 0 aliphatic heterocycles. The van der Waals surface area contributed by atoms with Crippen molar-refractivity contribution in [1.29, 1.82) is 0 Å². The standard InChI is InChI=1S/C18H19BrO3/c1-3-11-21-15-8-6-14(7-9-15)18(20)22-17-10-5-13(4-2)12-16(17)19/h5-10,12H,3-4,11H2,1-2H3. The number of aryl methyl sites for hydroxylation is 1. The molecule has 0 radical (unpaired) electrons. The van der Waals surface area contributed by atoms with E-state index in [1.165, 1.54) is 5.56 Å². The molecule has 0 aromatic heterocycles. The van der Waals surface area contributed by atoms with E-state index in [1.807, 2.05) is 19.1 Å². The van der Waals surface area contributed by atoms with Crippen molar-refractivity contribution in [3.8, 4) is 11.5 Å².